The molecule has 8 nitrogen and oxygen atoms in total. The smallest absolute Gasteiger partial charge is 0.405 e. The number of ether oxygens (including phenoxy) is 1. The van der Waals surface area contributed by atoms with Gasteiger partial charge in [0.1, 0.15) is 18.2 Å². The van der Waals surface area contributed by atoms with Crippen LogP contribution >= 0.6 is 0 Å². The normalized spacial score (nSPS) is 21.0. The highest BCUT2D eigenvalue weighted by Gasteiger charge is 2.41. The van der Waals surface area contributed by atoms with E-state index in [2.05, 4.69) is 10.6 Å². The number of carbonyl (C=O) groups excluding carboxylic acids is 2. The Morgan fingerprint density at radius 1 is 0.914 bits per heavy atom. The molecule has 35 heavy (non-hydrogen) atoms. The summed E-state index contributed by atoms with van der Waals surface area (Å²) in [7, 11) is 1.68. The molecule has 0 aromatic heterocycles. The Balaban J connectivity index is 1.68. The molecule has 0 spiro atoms. The van der Waals surface area contributed by atoms with Crippen LogP contribution in [0.25, 0.3) is 0 Å². The Morgan fingerprint density at radius 2 is 1.46 bits per heavy atom. The van der Waals surface area contributed by atoms with Gasteiger partial charge in [0.25, 0.3) is 0 Å². The molecule has 8 heteroatoms. The molecule has 0 bridgehead atoms. The van der Waals surface area contributed by atoms with Crippen LogP contribution in [0.4, 0.5) is 4.79 Å². The van der Waals surface area contributed by atoms with Gasteiger partial charge < -0.3 is 25.4 Å². The minimum Gasteiger partial charge on any atom is -0.465 e. The molecule has 0 radical (unpaired) electrons. The SMILES string of the molecule is CN1C(=O)[C@H](NC(=O)C(NC(=O)O)c2ccccc2)[C@H](c2ccccc2)OC[C@@H]1c1ccccc1. The van der Waals surface area contributed by atoms with Crippen molar-refractivity contribution in [1.29, 1.82) is 0 Å². The van der Waals surface area contributed by atoms with E-state index in [1.807, 2.05) is 60.7 Å². The second kappa shape index (κ2) is 10.8. The van der Waals surface area contributed by atoms with Crippen molar-refractivity contribution >= 4 is 17.9 Å². The second-order valence-corrected chi connectivity index (χ2v) is 8.32. The largest absolute Gasteiger partial charge is 0.465 e. The summed E-state index contributed by atoms with van der Waals surface area (Å²) in [5.74, 6) is -0.978. The van der Waals surface area contributed by atoms with Crippen molar-refractivity contribution in [2.24, 2.45) is 0 Å². The number of benzene rings is 3. The van der Waals surface area contributed by atoms with Crippen molar-refractivity contribution in [2.45, 2.75) is 24.2 Å². The van der Waals surface area contributed by atoms with E-state index < -0.39 is 30.2 Å². The average Bonchev–Trinajstić information content (AvgIpc) is 3.00. The van der Waals surface area contributed by atoms with Crippen LogP contribution in [0.2, 0.25) is 0 Å². The summed E-state index contributed by atoms with van der Waals surface area (Å²) < 4.78 is 6.26. The molecule has 4 atom stereocenters. The summed E-state index contributed by atoms with van der Waals surface area (Å²) in [5, 5.41) is 14.4. The Hall–Kier alpha value is -4.17. The summed E-state index contributed by atoms with van der Waals surface area (Å²) in [6.07, 6.45) is -2.11. The Bertz CT molecular complexity index is 1160. The standard InChI is InChI=1S/C27H27N3O5/c1-30-21(18-11-5-2-6-12-18)17-35-24(20-15-9-4-10-16-20)23(26(30)32)28-25(31)22(29-27(33)34)19-13-7-3-8-14-19/h2-16,21-24,29H,17H2,1H3,(H,28,31)(H,33,34)/t21-,22?,23-,24+/m1/s1. The third kappa shape index (κ3) is 5.50. The van der Waals surface area contributed by atoms with Crippen LogP contribution in [-0.4, -0.2) is 47.6 Å². The molecule has 3 N–H and O–H groups in total. The predicted octanol–water partition coefficient (Wildman–Crippen LogP) is 3.45. The molecule has 1 unspecified atom stereocenters. The highest BCUT2D eigenvalue weighted by molar-refractivity contribution is 5.92. The monoisotopic (exact) mass is 473 g/mol. The molecule has 3 aromatic carbocycles. The maximum absolute atomic E-state index is 13.7. The average molecular weight is 474 g/mol. The van der Waals surface area contributed by atoms with Gasteiger partial charge in [-0.15, -0.1) is 0 Å². The zero-order chi connectivity index (χ0) is 24.8. The number of amides is 3. The van der Waals surface area contributed by atoms with Crippen molar-refractivity contribution in [1.82, 2.24) is 15.5 Å². The lowest BCUT2D eigenvalue weighted by atomic mass is 9.99. The minimum atomic E-state index is -1.35. The van der Waals surface area contributed by atoms with Crippen LogP contribution in [0.3, 0.4) is 0 Å². The first-order chi connectivity index (χ1) is 17.0. The molecule has 180 valence electrons. The van der Waals surface area contributed by atoms with E-state index in [9.17, 15) is 19.5 Å². The van der Waals surface area contributed by atoms with Crippen molar-refractivity contribution in [3.05, 3.63) is 108 Å². The van der Waals surface area contributed by atoms with Crippen molar-refractivity contribution in [3.63, 3.8) is 0 Å². The van der Waals surface area contributed by atoms with Crippen LogP contribution < -0.4 is 10.6 Å². The van der Waals surface area contributed by atoms with Gasteiger partial charge >= 0.3 is 6.09 Å². The number of carbonyl (C=O) groups is 3. The molecule has 1 aliphatic heterocycles. The first kappa shape index (κ1) is 24.0. The lowest BCUT2D eigenvalue weighted by Crippen LogP contribution is -2.52. The third-order valence-electron chi connectivity index (χ3n) is 6.09. The third-order valence-corrected chi connectivity index (χ3v) is 6.09. The van der Waals surface area contributed by atoms with Crippen LogP contribution in [0.1, 0.15) is 34.9 Å². The molecule has 4 rings (SSSR count). The van der Waals surface area contributed by atoms with Gasteiger partial charge in [0.05, 0.1) is 12.6 Å². The number of hydrogen-bond donors (Lipinski definition) is 3. The van der Waals surface area contributed by atoms with Gasteiger partial charge in [0.15, 0.2) is 0 Å². The van der Waals surface area contributed by atoms with Gasteiger partial charge in [-0.3, -0.25) is 9.59 Å². The molecule has 1 saturated heterocycles. The minimum absolute atomic E-state index is 0.230. The molecule has 1 fully saturated rings. The Labute approximate surface area is 203 Å². The van der Waals surface area contributed by atoms with E-state index in [0.717, 1.165) is 11.1 Å². The summed E-state index contributed by atoms with van der Waals surface area (Å²) in [4.78, 5) is 40.1. The maximum Gasteiger partial charge on any atom is 0.405 e. The van der Waals surface area contributed by atoms with Crippen LogP contribution in [0, 0.1) is 0 Å². The zero-order valence-corrected chi connectivity index (χ0v) is 19.2. The van der Waals surface area contributed by atoms with E-state index in [-0.39, 0.29) is 18.6 Å². The number of rotatable bonds is 6. The summed E-state index contributed by atoms with van der Waals surface area (Å²) in [5.41, 5.74) is 2.11. The highest BCUT2D eigenvalue weighted by atomic mass is 16.5. The molecule has 3 aromatic rings. The van der Waals surface area contributed by atoms with E-state index in [4.69, 9.17) is 4.74 Å². The molecular formula is C27H27N3O5. The highest BCUT2D eigenvalue weighted by Crippen LogP contribution is 2.32. The van der Waals surface area contributed by atoms with Gasteiger partial charge in [0.2, 0.25) is 11.8 Å². The first-order valence-corrected chi connectivity index (χ1v) is 11.3. The van der Waals surface area contributed by atoms with Crippen LogP contribution in [0.5, 0.6) is 0 Å². The topological polar surface area (TPSA) is 108 Å². The Kier molecular flexibility index (Phi) is 7.42. The van der Waals surface area contributed by atoms with Gasteiger partial charge in [0, 0.05) is 7.05 Å². The number of carboxylic acid groups (broad SMARTS) is 1. The van der Waals surface area contributed by atoms with Crippen molar-refractivity contribution in [3.8, 4) is 0 Å². The predicted molar refractivity (Wildman–Crippen MR) is 129 cm³/mol. The van der Waals surface area contributed by atoms with Gasteiger partial charge in [-0.1, -0.05) is 91.0 Å². The van der Waals surface area contributed by atoms with E-state index in [1.54, 1.807) is 42.3 Å². The number of nitrogens with zero attached hydrogens (tertiary/aromatic N) is 1. The first-order valence-electron chi connectivity index (χ1n) is 11.3. The van der Waals surface area contributed by atoms with E-state index in [1.165, 1.54) is 0 Å². The summed E-state index contributed by atoms with van der Waals surface area (Å²) in [6, 6.07) is 24.6. The zero-order valence-electron chi connectivity index (χ0n) is 19.2. The lowest BCUT2D eigenvalue weighted by molar-refractivity contribution is -0.138. The maximum atomic E-state index is 13.7. The van der Waals surface area contributed by atoms with Gasteiger partial charge in [-0.25, -0.2) is 4.79 Å². The fourth-order valence-electron chi connectivity index (χ4n) is 4.27. The lowest BCUT2D eigenvalue weighted by Gasteiger charge is -2.29. The van der Waals surface area contributed by atoms with Gasteiger partial charge in [-0.2, -0.15) is 0 Å². The van der Waals surface area contributed by atoms with E-state index in [0.29, 0.717) is 5.56 Å². The molecule has 1 aliphatic rings. The van der Waals surface area contributed by atoms with E-state index >= 15 is 0 Å². The van der Waals surface area contributed by atoms with Crippen LogP contribution in [-0.2, 0) is 14.3 Å². The van der Waals surface area contributed by atoms with Gasteiger partial charge in [-0.05, 0) is 16.7 Å². The summed E-state index contributed by atoms with van der Waals surface area (Å²) >= 11 is 0. The molecule has 0 aliphatic carbocycles. The Morgan fingerprint density at radius 3 is 2.03 bits per heavy atom. The molecule has 0 saturated carbocycles. The second-order valence-electron chi connectivity index (χ2n) is 8.32. The number of likely N-dealkylation sites (N-methyl/N-ethyl adjacent to an activating group) is 1. The fourth-order valence-corrected chi connectivity index (χ4v) is 4.27. The quantitative estimate of drug-likeness (QED) is 0.508. The van der Waals surface area contributed by atoms with Crippen molar-refractivity contribution in [2.75, 3.05) is 13.7 Å². The molecule has 3 amide bonds. The van der Waals surface area contributed by atoms with Crippen LogP contribution in [0.15, 0.2) is 91.0 Å². The number of hydrogen-bond acceptors (Lipinski definition) is 4. The molecular weight excluding hydrogens is 446 g/mol. The summed E-state index contributed by atoms with van der Waals surface area (Å²) in [6.45, 7) is 0.230. The number of nitrogens with one attached hydrogen (secondary N) is 2. The fraction of sp³-hybridized carbons (Fsp3) is 0.222. The van der Waals surface area contributed by atoms with Crippen molar-refractivity contribution < 1.29 is 24.2 Å². The molecule has 1 heterocycles.